The molecule has 0 amide bonds. The van der Waals surface area contributed by atoms with Crippen molar-refractivity contribution in [3.05, 3.63) is 78.4 Å². The molecule has 0 heterocycles. The lowest BCUT2D eigenvalue weighted by atomic mass is 10.1. The van der Waals surface area contributed by atoms with Gasteiger partial charge in [-0.1, -0.05) is 54.6 Å². The van der Waals surface area contributed by atoms with Gasteiger partial charge in [-0.2, -0.15) is 0 Å². The minimum atomic E-state index is -0.557. The molecule has 2 N–H and O–H groups in total. The predicted molar refractivity (Wildman–Crippen MR) is 94.7 cm³/mol. The maximum atomic E-state index is 10.1. The van der Waals surface area contributed by atoms with E-state index in [0.717, 1.165) is 17.7 Å². The van der Waals surface area contributed by atoms with Crippen LogP contribution in [-0.4, -0.2) is 24.4 Å². The normalized spacial score (nSPS) is 13.3. The molecule has 0 saturated heterocycles. The largest absolute Gasteiger partial charge is 0.491 e. The van der Waals surface area contributed by atoms with Gasteiger partial charge in [0.2, 0.25) is 0 Å². The zero-order valence-corrected chi connectivity index (χ0v) is 13.6. The van der Waals surface area contributed by atoms with Crippen molar-refractivity contribution < 1.29 is 9.84 Å². The van der Waals surface area contributed by atoms with E-state index < -0.39 is 6.10 Å². The summed E-state index contributed by atoms with van der Waals surface area (Å²) in [5.41, 5.74) is 2.29. The summed E-state index contributed by atoms with van der Waals surface area (Å²) in [4.78, 5) is 0. The third-order valence-corrected chi connectivity index (χ3v) is 3.73. The van der Waals surface area contributed by atoms with Crippen molar-refractivity contribution in [2.45, 2.75) is 25.5 Å². The molecule has 0 saturated carbocycles. The summed E-state index contributed by atoms with van der Waals surface area (Å²) < 4.78 is 5.75. The molecular weight excluding hydrogens is 286 g/mol. The van der Waals surface area contributed by atoms with Gasteiger partial charge < -0.3 is 15.2 Å². The summed E-state index contributed by atoms with van der Waals surface area (Å²) in [6.07, 6.45) is 2.05. The van der Waals surface area contributed by atoms with Gasteiger partial charge in [-0.15, -0.1) is 6.58 Å². The second-order valence-electron chi connectivity index (χ2n) is 5.61. The Balaban J connectivity index is 1.79. The Morgan fingerprint density at radius 1 is 1.13 bits per heavy atom. The van der Waals surface area contributed by atoms with Crippen molar-refractivity contribution >= 4 is 0 Å². The zero-order chi connectivity index (χ0) is 16.5. The Bertz CT molecular complexity index is 598. The third-order valence-electron chi connectivity index (χ3n) is 3.73. The fraction of sp³-hybridized carbons (Fsp3) is 0.300. The summed E-state index contributed by atoms with van der Waals surface area (Å²) in [6, 6.07) is 18.2. The maximum absolute atomic E-state index is 10.1. The van der Waals surface area contributed by atoms with Crippen LogP contribution >= 0.6 is 0 Å². The minimum Gasteiger partial charge on any atom is -0.491 e. The van der Waals surface area contributed by atoms with E-state index >= 15 is 0 Å². The summed E-state index contributed by atoms with van der Waals surface area (Å²) in [7, 11) is 0. The number of benzene rings is 2. The summed E-state index contributed by atoms with van der Waals surface area (Å²) in [5, 5.41) is 13.4. The average Bonchev–Trinajstić information content (AvgIpc) is 2.60. The molecule has 2 aromatic rings. The molecule has 0 aromatic heterocycles. The van der Waals surface area contributed by atoms with E-state index in [0.29, 0.717) is 6.54 Å². The highest BCUT2D eigenvalue weighted by molar-refractivity contribution is 5.34. The van der Waals surface area contributed by atoms with Gasteiger partial charge in [-0.25, -0.2) is 0 Å². The molecule has 0 aliphatic rings. The van der Waals surface area contributed by atoms with Crippen molar-refractivity contribution in [2.75, 3.05) is 13.2 Å². The summed E-state index contributed by atoms with van der Waals surface area (Å²) >= 11 is 0. The van der Waals surface area contributed by atoms with Gasteiger partial charge in [0.1, 0.15) is 18.5 Å². The quantitative estimate of drug-likeness (QED) is 0.696. The molecule has 0 bridgehead atoms. The van der Waals surface area contributed by atoms with Gasteiger partial charge in [0.05, 0.1) is 0 Å². The molecular formula is C20H25NO2. The summed E-state index contributed by atoms with van der Waals surface area (Å²) in [5.74, 6) is 0.808. The Morgan fingerprint density at radius 2 is 1.83 bits per heavy atom. The van der Waals surface area contributed by atoms with Crippen molar-refractivity contribution in [2.24, 2.45) is 0 Å². The molecule has 3 heteroatoms. The van der Waals surface area contributed by atoms with Gasteiger partial charge >= 0.3 is 0 Å². The average molecular weight is 311 g/mol. The molecule has 0 aliphatic heterocycles. The monoisotopic (exact) mass is 311 g/mol. The summed E-state index contributed by atoms with van der Waals surface area (Å²) in [6.45, 7) is 6.59. The lowest BCUT2D eigenvalue weighted by molar-refractivity contribution is 0.104. The number of para-hydroxylation sites is 1. The van der Waals surface area contributed by atoms with E-state index in [9.17, 15) is 5.11 Å². The third kappa shape index (κ3) is 5.55. The minimum absolute atomic E-state index is 0.193. The van der Waals surface area contributed by atoms with Gasteiger partial charge in [0.15, 0.2) is 0 Å². The number of allylic oxidation sites excluding steroid dienone is 1. The van der Waals surface area contributed by atoms with Crippen LogP contribution in [-0.2, 0) is 6.42 Å². The van der Waals surface area contributed by atoms with Gasteiger partial charge in [-0.05, 0) is 30.5 Å². The molecule has 0 aliphatic carbocycles. The van der Waals surface area contributed by atoms with E-state index in [2.05, 4.69) is 31.0 Å². The standard InChI is InChI=1S/C20H25NO2/c1-3-9-18-12-7-8-13-20(18)23-15-19(22)14-21-16(2)17-10-5-4-6-11-17/h3-8,10-13,16,19,21-22H,1,9,14-15H2,2H3/t16-,19-/m0/s1. The molecule has 3 nitrogen and oxygen atoms in total. The maximum Gasteiger partial charge on any atom is 0.122 e. The Kier molecular flexibility index (Phi) is 6.85. The molecule has 0 fully saturated rings. The van der Waals surface area contributed by atoms with E-state index in [1.54, 1.807) is 0 Å². The van der Waals surface area contributed by atoms with Gasteiger partial charge in [-0.3, -0.25) is 0 Å². The lowest BCUT2D eigenvalue weighted by Crippen LogP contribution is -2.33. The van der Waals surface area contributed by atoms with Crippen LogP contribution in [0.2, 0.25) is 0 Å². The zero-order valence-electron chi connectivity index (χ0n) is 13.6. The Hall–Kier alpha value is -2.10. The van der Waals surface area contributed by atoms with Crippen molar-refractivity contribution in [1.29, 1.82) is 0 Å². The highest BCUT2D eigenvalue weighted by Gasteiger charge is 2.10. The van der Waals surface area contributed by atoms with E-state index in [1.807, 2.05) is 48.5 Å². The number of aliphatic hydroxyl groups excluding tert-OH is 1. The number of hydrogen-bond acceptors (Lipinski definition) is 3. The van der Waals surface area contributed by atoms with E-state index in [1.165, 1.54) is 5.56 Å². The van der Waals surface area contributed by atoms with Crippen LogP contribution in [0.4, 0.5) is 0 Å². The SMILES string of the molecule is C=CCc1ccccc1OC[C@@H](O)CN[C@@H](C)c1ccccc1. The Labute approximate surface area is 138 Å². The van der Waals surface area contributed by atoms with Crippen LogP contribution in [0.1, 0.15) is 24.1 Å². The highest BCUT2D eigenvalue weighted by Crippen LogP contribution is 2.19. The highest BCUT2D eigenvalue weighted by atomic mass is 16.5. The van der Waals surface area contributed by atoms with Crippen LogP contribution in [0.25, 0.3) is 0 Å². The molecule has 0 radical (unpaired) electrons. The molecule has 23 heavy (non-hydrogen) atoms. The second-order valence-corrected chi connectivity index (χ2v) is 5.61. The van der Waals surface area contributed by atoms with Crippen molar-refractivity contribution in [3.63, 3.8) is 0 Å². The fourth-order valence-electron chi connectivity index (χ4n) is 2.39. The van der Waals surface area contributed by atoms with Crippen LogP contribution < -0.4 is 10.1 Å². The smallest absolute Gasteiger partial charge is 0.122 e. The molecule has 0 spiro atoms. The molecule has 2 atom stereocenters. The molecule has 2 aromatic carbocycles. The van der Waals surface area contributed by atoms with Crippen molar-refractivity contribution in [1.82, 2.24) is 5.32 Å². The number of aliphatic hydroxyl groups is 1. The van der Waals surface area contributed by atoms with E-state index in [-0.39, 0.29) is 12.6 Å². The topological polar surface area (TPSA) is 41.5 Å². The molecule has 122 valence electrons. The van der Waals surface area contributed by atoms with Crippen molar-refractivity contribution in [3.8, 4) is 5.75 Å². The first-order chi connectivity index (χ1) is 11.2. The number of ether oxygens (including phenoxy) is 1. The van der Waals surface area contributed by atoms with E-state index in [4.69, 9.17) is 4.74 Å². The van der Waals surface area contributed by atoms with Crippen LogP contribution in [0.3, 0.4) is 0 Å². The molecule has 2 rings (SSSR count). The van der Waals surface area contributed by atoms with Gasteiger partial charge in [0, 0.05) is 12.6 Å². The first-order valence-corrected chi connectivity index (χ1v) is 7.98. The predicted octanol–water partition coefficient (Wildman–Crippen LogP) is 3.51. The Morgan fingerprint density at radius 3 is 2.57 bits per heavy atom. The van der Waals surface area contributed by atoms with Crippen LogP contribution in [0, 0.1) is 0 Å². The fourth-order valence-corrected chi connectivity index (χ4v) is 2.39. The lowest BCUT2D eigenvalue weighted by Gasteiger charge is -2.18. The number of nitrogens with one attached hydrogen (secondary N) is 1. The van der Waals surface area contributed by atoms with Crippen LogP contribution in [0.5, 0.6) is 5.75 Å². The number of hydrogen-bond donors (Lipinski definition) is 2. The first-order valence-electron chi connectivity index (χ1n) is 7.98. The van der Waals surface area contributed by atoms with Gasteiger partial charge in [0.25, 0.3) is 0 Å². The van der Waals surface area contributed by atoms with Crippen LogP contribution in [0.15, 0.2) is 67.3 Å². The first kappa shape index (κ1) is 17.3. The second kappa shape index (κ2) is 9.13. The number of rotatable bonds is 9. The molecule has 0 unspecified atom stereocenters.